The van der Waals surface area contributed by atoms with Crippen LogP contribution in [0.3, 0.4) is 0 Å². The number of nitrogens with one attached hydrogen (secondary N) is 1. The Hall–Kier alpha value is -2.62. The summed E-state index contributed by atoms with van der Waals surface area (Å²) in [5.74, 6) is 1.07. The van der Waals surface area contributed by atoms with Crippen molar-refractivity contribution in [3.05, 3.63) is 59.8 Å². The van der Waals surface area contributed by atoms with Crippen molar-refractivity contribution in [3.8, 4) is 5.75 Å². The Balaban J connectivity index is 2.03. The predicted molar refractivity (Wildman–Crippen MR) is 84.2 cm³/mol. The van der Waals surface area contributed by atoms with Gasteiger partial charge in [0.25, 0.3) is 0 Å². The van der Waals surface area contributed by atoms with Crippen molar-refractivity contribution in [2.45, 2.75) is 13.8 Å². The molecule has 4 nitrogen and oxygen atoms in total. The lowest BCUT2D eigenvalue weighted by Crippen LogP contribution is -2.09. The summed E-state index contributed by atoms with van der Waals surface area (Å²) in [5.41, 5.74) is 1.92. The third kappa shape index (κ3) is 4.45. The van der Waals surface area contributed by atoms with Gasteiger partial charge in [-0.2, -0.15) is 0 Å². The maximum Gasteiger partial charge on any atom is 0.249 e. The fourth-order valence-corrected chi connectivity index (χ4v) is 1.78. The molecule has 1 aromatic carbocycles. The monoisotopic (exact) mass is 282 g/mol. The van der Waals surface area contributed by atoms with Gasteiger partial charge in [0.2, 0.25) is 5.91 Å². The molecular formula is C17H18N2O2. The summed E-state index contributed by atoms with van der Waals surface area (Å²) in [6.45, 7) is 4.46. The standard InChI is InChI=1S/C17H18N2O2/c1-3-21-15-7-5-4-6-14(15)9-11-17(20)19-16-10-8-13(2)12-18-16/h4-12H,3H2,1-2H3,(H,18,19,20)/b11-9+. The first-order chi connectivity index (χ1) is 10.2. The Morgan fingerprint density at radius 3 is 2.81 bits per heavy atom. The van der Waals surface area contributed by atoms with Crippen LogP contribution in [0, 0.1) is 6.92 Å². The van der Waals surface area contributed by atoms with Gasteiger partial charge in [-0.15, -0.1) is 0 Å². The molecule has 0 spiro atoms. The second-order valence-corrected chi connectivity index (χ2v) is 4.51. The smallest absolute Gasteiger partial charge is 0.249 e. The maximum absolute atomic E-state index is 11.9. The highest BCUT2D eigenvalue weighted by Crippen LogP contribution is 2.19. The highest BCUT2D eigenvalue weighted by Gasteiger charge is 2.01. The molecular weight excluding hydrogens is 264 g/mol. The lowest BCUT2D eigenvalue weighted by atomic mass is 10.2. The Morgan fingerprint density at radius 2 is 2.10 bits per heavy atom. The highest BCUT2D eigenvalue weighted by molar-refractivity contribution is 6.01. The van der Waals surface area contributed by atoms with Crippen LogP contribution in [-0.4, -0.2) is 17.5 Å². The Morgan fingerprint density at radius 1 is 1.29 bits per heavy atom. The molecule has 4 heteroatoms. The number of hydrogen-bond donors (Lipinski definition) is 1. The molecule has 2 rings (SSSR count). The van der Waals surface area contributed by atoms with Crippen molar-refractivity contribution in [2.24, 2.45) is 0 Å². The van der Waals surface area contributed by atoms with Crippen LogP contribution in [0.4, 0.5) is 5.82 Å². The van der Waals surface area contributed by atoms with Crippen molar-refractivity contribution < 1.29 is 9.53 Å². The van der Waals surface area contributed by atoms with E-state index in [1.165, 1.54) is 6.08 Å². The van der Waals surface area contributed by atoms with Gasteiger partial charge in [0, 0.05) is 17.8 Å². The third-order valence-electron chi connectivity index (χ3n) is 2.80. The molecule has 1 N–H and O–H groups in total. The quantitative estimate of drug-likeness (QED) is 0.855. The zero-order valence-electron chi connectivity index (χ0n) is 12.2. The van der Waals surface area contributed by atoms with Crippen LogP contribution in [-0.2, 0) is 4.79 Å². The molecule has 2 aromatic rings. The topological polar surface area (TPSA) is 51.2 Å². The summed E-state index contributed by atoms with van der Waals surface area (Å²) in [6, 6.07) is 11.3. The lowest BCUT2D eigenvalue weighted by Gasteiger charge is -2.06. The van der Waals surface area contributed by atoms with E-state index in [1.807, 2.05) is 44.2 Å². The highest BCUT2D eigenvalue weighted by atomic mass is 16.5. The molecule has 0 radical (unpaired) electrons. The number of pyridine rings is 1. The van der Waals surface area contributed by atoms with Gasteiger partial charge in [-0.1, -0.05) is 24.3 Å². The van der Waals surface area contributed by atoms with Gasteiger partial charge >= 0.3 is 0 Å². The van der Waals surface area contributed by atoms with E-state index in [-0.39, 0.29) is 5.91 Å². The van der Waals surface area contributed by atoms with E-state index >= 15 is 0 Å². The van der Waals surface area contributed by atoms with Gasteiger partial charge in [0.15, 0.2) is 0 Å². The Bertz CT molecular complexity index is 633. The molecule has 0 aliphatic carbocycles. The summed E-state index contributed by atoms with van der Waals surface area (Å²) in [7, 11) is 0. The number of carbonyl (C=O) groups excluding carboxylic acids is 1. The van der Waals surface area contributed by atoms with Gasteiger partial charge in [0.05, 0.1) is 6.61 Å². The number of ether oxygens (including phenoxy) is 1. The molecule has 0 saturated heterocycles. The van der Waals surface area contributed by atoms with E-state index in [4.69, 9.17) is 4.74 Å². The van der Waals surface area contributed by atoms with Gasteiger partial charge in [-0.3, -0.25) is 4.79 Å². The largest absolute Gasteiger partial charge is 0.493 e. The van der Waals surface area contributed by atoms with Crippen molar-refractivity contribution in [2.75, 3.05) is 11.9 Å². The van der Waals surface area contributed by atoms with Gasteiger partial charge in [0.1, 0.15) is 11.6 Å². The van der Waals surface area contributed by atoms with E-state index in [0.717, 1.165) is 16.9 Å². The number of para-hydroxylation sites is 1. The van der Waals surface area contributed by atoms with Crippen LogP contribution in [0.5, 0.6) is 5.75 Å². The molecule has 0 fully saturated rings. The Labute approximate surface area is 124 Å². The van der Waals surface area contributed by atoms with E-state index in [9.17, 15) is 4.79 Å². The van der Waals surface area contributed by atoms with Crippen molar-refractivity contribution >= 4 is 17.8 Å². The van der Waals surface area contributed by atoms with E-state index in [1.54, 1.807) is 18.3 Å². The van der Waals surface area contributed by atoms with Gasteiger partial charge in [-0.25, -0.2) is 4.98 Å². The molecule has 0 aliphatic rings. The van der Waals surface area contributed by atoms with Gasteiger partial charge in [-0.05, 0) is 37.6 Å². The van der Waals surface area contributed by atoms with Crippen molar-refractivity contribution in [3.63, 3.8) is 0 Å². The number of benzene rings is 1. The minimum Gasteiger partial charge on any atom is -0.493 e. The second-order valence-electron chi connectivity index (χ2n) is 4.51. The fourth-order valence-electron chi connectivity index (χ4n) is 1.78. The normalized spacial score (nSPS) is 10.6. The first kappa shape index (κ1) is 14.8. The number of amides is 1. The van der Waals surface area contributed by atoms with Crippen molar-refractivity contribution in [1.29, 1.82) is 0 Å². The first-order valence-electron chi connectivity index (χ1n) is 6.82. The van der Waals surface area contributed by atoms with Crippen molar-refractivity contribution in [1.82, 2.24) is 4.98 Å². The molecule has 0 aliphatic heterocycles. The second kappa shape index (κ2) is 7.24. The minimum atomic E-state index is -0.224. The lowest BCUT2D eigenvalue weighted by molar-refractivity contribution is -0.111. The van der Waals surface area contributed by atoms with Crippen LogP contribution in [0.25, 0.3) is 6.08 Å². The van der Waals surface area contributed by atoms with Crippen LogP contribution in [0.15, 0.2) is 48.7 Å². The average molecular weight is 282 g/mol. The number of aryl methyl sites for hydroxylation is 1. The number of nitrogens with zero attached hydrogens (tertiary/aromatic N) is 1. The predicted octanol–water partition coefficient (Wildman–Crippen LogP) is 3.44. The molecule has 0 atom stereocenters. The molecule has 21 heavy (non-hydrogen) atoms. The maximum atomic E-state index is 11.9. The van der Waals surface area contributed by atoms with E-state index in [0.29, 0.717) is 12.4 Å². The number of aromatic nitrogens is 1. The fraction of sp³-hybridized carbons (Fsp3) is 0.176. The molecule has 1 aromatic heterocycles. The first-order valence-corrected chi connectivity index (χ1v) is 6.82. The molecule has 0 bridgehead atoms. The third-order valence-corrected chi connectivity index (χ3v) is 2.80. The molecule has 108 valence electrons. The van der Waals surface area contributed by atoms with Crippen LogP contribution in [0.2, 0.25) is 0 Å². The average Bonchev–Trinajstić information content (AvgIpc) is 2.49. The summed E-state index contributed by atoms with van der Waals surface area (Å²) in [6.07, 6.45) is 4.91. The number of carbonyl (C=O) groups is 1. The number of anilines is 1. The number of rotatable bonds is 5. The number of hydrogen-bond acceptors (Lipinski definition) is 3. The van der Waals surface area contributed by atoms with Crippen LogP contribution < -0.4 is 10.1 Å². The van der Waals surface area contributed by atoms with E-state index < -0.39 is 0 Å². The van der Waals surface area contributed by atoms with Crippen LogP contribution in [0.1, 0.15) is 18.1 Å². The van der Waals surface area contributed by atoms with Gasteiger partial charge < -0.3 is 10.1 Å². The zero-order chi connectivity index (χ0) is 15.1. The molecule has 1 amide bonds. The summed E-state index contributed by atoms with van der Waals surface area (Å²) in [5, 5.41) is 2.71. The van der Waals surface area contributed by atoms with E-state index in [2.05, 4.69) is 10.3 Å². The summed E-state index contributed by atoms with van der Waals surface area (Å²) < 4.78 is 5.51. The minimum absolute atomic E-state index is 0.224. The Kier molecular flexibility index (Phi) is 5.10. The molecule has 0 saturated carbocycles. The zero-order valence-corrected chi connectivity index (χ0v) is 12.2. The summed E-state index contributed by atoms with van der Waals surface area (Å²) in [4.78, 5) is 16.0. The molecule has 1 heterocycles. The SMILES string of the molecule is CCOc1ccccc1/C=C/C(=O)Nc1ccc(C)cn1. The molecule has 0 unspecified atom stereocenters. The van der Waals surface area contributed by atoms with Crippen LogP contribution >= 0.6 is 0 Å². The summed E-state index contributed by atoms with van der Waals surface area (Å²) >= 11 is 0.